The molecule has 0 unspecified atom stereocenters. The number of hydrogen-bond acceptors (Lipinski definition) is 5. The molecule has 2 heterocycles. The molecule has 1 aromatic heterocycles. The van der Waals surface area contributed by atoms with Gasteiger partial charge in [-0.2, -0.15) is 0 Å². The second-order valence-corrected chi connectivity index (χ2v) is 7.59. The van der Waals surface area contributed by atoms with Crippen molar-refractivity contribution >= 4 is 12.0 Å². The number of benzene rings is 1. The molecule has 1 saturated heterocycles. The van der Waals surface area contributed by atoms with E-state index in [4.69, 9.17) is 5.11 Å². The first kappa shape index (κ1) is 20.7. The Kier molecular flexibility index (Phi) is 6.43. The van der Waals surface area contributed by atoms with Gasteiger partial charge in [-0.15, -0.1) is 0 Å². The fraction of sp³-hybridized carbons (Fsp3) is 0.429. The fourth-order valence-corrected chi connectivity index (χ4v) is 3.51. The van der Waals surface area contributed by atoms with E-state index in [1.54, 1.807) is 43.5 Å². The number of carbonyl (C=O) groups is 2. The highest BCUT2D eigenvalue weighted by atomic mass is 16.4. The molecular weight excluding hydrogens is 370 g/mol. The van der Waals surface area contributed by atoms with Crippen LogP contribution in [0.4, 0.5) is 4.79 Å². The lowest BCUT2D eigenvalue weighted by atomic mass is 10.0. The van der Waals surface area contributed by atoms with Gasteiger partial charge in [0.15, 0.2) is 0 Å². The van der Waals surface area contributed by atoms with E-state index in [0.29, 0.717) is 31.2 Å². The van der Waals surface area contributed by atoms with E-state index < -0.39 is 6.09 Å². The van der Waals surface area contributed by atoms with Crippen molar-refractivity contribution in [2.75, 3.05) is 34.2 Å². The zero-order valence-electron chi connectivity index (χ0n) is 17.1. The number of hydrogen-bond donors (Lipinski definition) is 1. The number of amides is 2. The van der Waals surface area contributed by atoms with Crippen molar-refractivity contribution in [3.05, 3.63) is 47.9 Å². The first-order chi connectivity index (χ1) is 13.8. The van der Waals surface area contributed by atoms with Crippen LogP contribution in [0.5, 0.6) is 0 Å². The molecule has 29 heavy (non-hydrogen) atoms. The third kappa shape index (κ3) is 5.08. The molecule has 3 rings (SSSR count). The average Bonchev–Trinajstić information content (AvgIpc) is 2.74. The van der Waals surface area contributed by atoms with Crippen molar-refractivity contribution in [1.29, 1.82) is 0 Å². The van der Waals surface area contributed by atoms with E-state index in [1.165, 1.54) is 4.90 Å². The topological polar surface area (TPSA) is 89.9 Å². The largest absolute Gasteiger partial charge is 0.465 e. The van der Waals surface area contributed by atoms with Gasteiger partial charge in [-0.1, -0.05) is 12.1 Å². The maximum Gasteiger partial charge on any atom is 0.407 e. The predicted octanol–water partition coefficient (Wildman–Crippen LogP) is 2.42. The molecule has 1 aliphatic heterocycles. The van der Waals surface area contributed by atoms with Crippen LogP contribution in [-0.4, -0.2) is 82.0 Å². The molecular formula is C21H27N5O3. The van der Waals surface area contributed by atoms with Gasteiger partial charge in [-0.05, 0) is 32.0 Å². The van der Waals surface area contributed by atoms with Crippen LogP contribution in [0.2, 0.25) is 0 Å². The van der Waals surface area contributed by atoms with Crippen LogP contribution in [-0.2, 0) is 6.54 Å². The van der Waals surface area contributed by atoms with E-state index in [1.807, 2.05) is 19.2 Å². The number of nitrogens with zero attached hydrogens (tertiary/aromatic N) is 5. The minimum Gasteiger partial charge on any atom is -0.465 e. The lowest BCUT2D eigenvalue weighted by molar-refractivity contribution is 0.0827. The Labute approximate surface area is 170 Å². The predicted molar refractivity (Wildman–Crippen MR) is 110 cm³/mol. The summed E-state index contributed by atoms with van der Waals surface area (Å²) in [6, 6.07) is 7.69. The quantitative estimate of drug-likeness (QED) is 0.833. The second kappa shape index (κ2) is 9.00. The van der Waals surface area contributed by atoms with Gasteiger partial charge in [-0.25, -0.2) is 4.79 Å². The Morgan fingerprint density at radius 1 is 1.07 bits per heavy atom. The van der Waals surface area contributed by atoms with Crippen LogP contribution in [0, 0.1) is 0 Å². The maximum atomic E-state index is 12.0. The number of likely N-dealkylation sites (tertiary alicyclic amines) is 1. The van der Waals surface area contributed by atoms with Gasteiger partial charge < -0.3 is 14.9 Å². The molecule has 8 heteroatoms. The number of piperidine rings is 1. The molecule has 1 N–H and O–H groups in total. The highest BCUT2D eigenvalue weighted by Crippen LogP contribution is 2.19. The summed E-state index contributed by atoms with van der Waals surface area (Å²) in [4.78, 5) is 37.3. The summed E-state index contributed by atoms with van der Waals surface area (Å²) in [6.07, 6.45) is 4.33. The molecule has 8 nitrogen and oxygen atoms in total. The third-order valence-electron chi connectivity index (χ3n) is 5.31. The van der Waals surface area contributed by atoms with Crippen LogP contribution in [0.15, 0.2) is 36.7 Å². The van der Waals surface area contributed by atoms with Gasteiger partial charge in [0.1, 0.15) is 0 Å². The van der Waals surface area contributed by atoms with Gasteiger partial charge in [0.2, 0.25) is 0 Å². The summed E-state index contributed by atoms with van der Waals surface area (Å²) in [7, 11) is 5.50. The summed E-state index contributed by atoms with van der Waals surface area (Å²) < 4.78 is 0. The van der Waals surface area contributed by atoms with Crippen molar-refractivity contribution in [3.63, 3.8) is 0 Å². The van der Waals surface area contributed by atoms with E-state index in [9.17, 15) is 9.59 Å². The second-order valence-electron chi connectivity index (χ2n) is 7.59. The lowest BCUT2D eigenvalue weighted by Crippen LogP contribution is -2.44. The minimum atomic E-state index is -0.841. The van der Waals surface area contributed by atoms with E-state index in [2.05, 4.69) is 14.9 Å². The molecule has 0 atom stereocenters. The van der Waals surface area contributed by atoms with Gasteiger partial charge in [-0.3, -0.25) is 19.7 Å². The summed E-state index contributed by atoms with van der Waals surface area (Å²) in [5.41, 5.74) is 3.18. The Morgan fingerprint density at radius 2 is 1.72 bits per heavy atom. The molecule has 0 radical (unpaired) electrons. The third-order valence-corrected chi connectivity index (χ3v) is 5.31. The number of carbonyl (C=O) groups excluding carboxylic acids is 1. The van der Waals surface area contributed by atoms with Crippen LogP contribution < -0.4 is 0 Å². The molecule has 0 aliphatic carbocycles. The summed E-state index contributed by atoms with van der Waals surface area (Å²) >= 11 is 0. The van der Waals surface area contributed by atoms with Crippen molar-refractivity contribution in [2.24, 2.45) is 0 Å². The highest BCUT2D eigenvalue weighted by molar-refractivity contribution is 5.94. The molecule has 0 spiro atoms. The minimum absolute atomic E-state index is 0.0322. The van der Waals surface area contributed by atoms with Gasteiger partial charge >= 0.3 is 6.09 Å². The van der Waals surface area contributed by atoms with Gasteiger partial charge in [0.05, 0.1) is 23.8 Å². The smallest absolute Gasteiger partial charge is 0.407 e. The number of rotatable bonds is 5. The van der Waals surface area contributed by atoms with Crippen LogP contribution in [0.1, 0.15) is 28.9 Å². The molecule has 2 amide bonds. The lowest BCUT2D eigenvalue weighted by Gasteiger charge is -2.35. The highest BCUT2D eigenvalue weighted by Gasteiger charge is 2.25. The fourth-order valence-electron chi connectivity index (χ4n) is 3.51. The number of aromatic nitrogens is 2. The Balaban J connectivity index is 1.59. The summed E-state index contributed by atoms with van der Waals surface area (Å²) in [6.45, 7) is 1.81. The zero-order chi connectivity index (χ0) is 21.0. The first-order valence-corrected chi connectivity index (χ1v) is 9.66. The molecule has 0 saturated carbocycles. The van der Waals surface area contributed by atoms with Crippen molar-refractivity contribution in [1.82, 2.24) is 24.7 Å². The van der Waals surface area contributed by atoms with Crippen molar-refractivity contribution in [2.45, 2.75) is 25.4 Å². The Bertz CT molecular complexity index is 844. The van der Waals surface area contributed by atoms with E-state index in [-0.39, 0.29) is 5.91 Å². The first-order valence-electron chi connectivity index (χ1n) is 9.66. The molecule has 0 bridgehead atoms. The number of carboxylic acid groups (broad SMARTS) is 1. The maximum absolute atomic E-state index is 12.0. The summed E-state index contributed by atoms with van der Waals surface area (Å²) in [5, 5.41) is 9.06. The Hall–Kier alpha value is -3.00. The summed E-state index contributed by atoms with van der Waals surface area (Å²) in [5.74, 6) is -0.0322. The molecule has 1 fully saturated rings. The van der Waals surface area contributed by atoms with E-state index in [0.717, 1.165) is 29.8 Å². The standard InChI is InChI=1S/C21H27N5O3/c1-24(2)20(27)16-6-4-15(5-7-16)19-13-22-17(12-23-19)14-25(3)18-8-10-26(11-9-18)21(28)29/h4-7,12-13,18H,8-11,14H2,1-3H3,(H,28,29). The average molecular weight is 397 g/mol. The van der Waals surface area contributed by atoms with Gasteiger partial charge in [0.25, 0.3) is 5.91 Å². The van der Waals surface area contributed by atoms with Crippen LogP contribution >= 0.6 is 0 Å². The van der Waals surface area contributed by atoms with E-state index >= 15 is 0 Å². The normalized spacial score (nSPS) is 14.8. The zero-order valence-corrected chi connectivity index (χ0v) is 17.1. The van der Waals surface area contributed by atoms with Crippen LogP contribution in [0.3, 0.4) is 0 Å². The molecule has 1 aromatic carbocycles. The van der Waals surface area contributed by atoms with Crippen molar-refractivity contribution < 1.29 is 14.7 Å². The van der Waals surface area contributed by atoms with Gasteiger partial charge in [0, 0.05) is 50.9 Å². The molecule has 2 aromatic rings. The van der Waals surface area contributed by atoms with Crippen LogP contribution in [0.25, 0.3) is 11.3 Å². The Morgan fingerprint density at radius 3 is 2.24 bits per heavy atom. The monoisotopic (exact) mass is 397 g/mol. The van der Waals surface area contributed by atoms with Crippen molar-refractivity contribution in [3.8, 4) is 11.3 Å². The SMILES string of the molecule is CN(C)C(=O)c1ccc(-c2cnc(CN(C)C3CCN(C(=O)O)CC3)cn2)cc1. The molecule has 154 valence electrons. The molecule has 1 aliphatic rings.